The summed E-state index contributed by atoms with van der Waals surface area (Å²) in [5.41, 5.74) is 5.39. The average Bonchev–Trinajstić information content (AvgIpc) is 1.91. The van der Waals surface area contributed by atoms with Gasteiger partial charge < -0.3 is 5.73 Å². The minimum Gasteiger partial charge on any atom is -0.330 e. The van der Waals surface area contributed by atoms with Gasteiger partial charge in [0.05, 0.1) is 6.04 Å². The second kappa shape index (κ2) is 3.62. The largest absolute Gasteiger partial charge is 0.330 e. The summed E-state index contributed by atoms with van der Waals surface area (Å²) in [4.78, 5) is 4.31. The van der Waals surface area contributed by atoms with Crippen LogP contribution in [0.15, 0.2) is 4.99 Å². The fourth-order valence-electron chi connectivity index (χ4n) is 1.15. The summed E-state index contributed by atoms with van der Waals surface area (Å²) in [6.07, 6.45) is 6.81. The van der Waals surface area contributed by atoms with E-state index in [1.807, 2.05) is 6.21 Å². The van der Waals surface area contributed by atoms with Gasteiger partial charge in [-0.2, -0.15) is 0 Å². The lowest BCUT2D eigenvalue weighted by Crippen LogP contribution is -2.14. The molecule has 2 heteroatoms. The molecule has 0 fully saturated rings. The molecule has 0 aliphatic carbocycles. The summed E-state index contributed by atoms with van der Waals surface area (Å²) in [5.74, 6) is 0. The minimum absolute atomic E-state index is 0.545. The second-order valence-corrected chi connectivity index (χ2v) is 2.49. The minimum atomic E-state index is 0.545. The van der Waals surface area contributed by atoms with E-state index in [0.717, 1.165) is 13.0 Å². The number of nitrogens with two attached hydrogens (primary N) is 1. The Hall–Kier alpha value is -0.370. The Labute approximate surface area is 56.2 Å². The Bertz CT molecular complexity index is 99.1. The van der Waals surface area contributed by atoms with Gasteiger partial charge in [0.25, 0.3) is 0 Å². The summed E-state index contributed by atoms with van der Waals surface area (Å²) in [5, 5.41) is 0. The van der Waals surface area contributed by atoms with Gasteiger partial charge in [0.2, 0.25) is 0 Å². The summed E-state index contributed by atoms with van der Waals surface area (Å²) in [6, 6.07) is 0.545. The van der Waals surface area contributed by atoms with E-state index in [9.17, 15) is 0 Å². The molecule has 2 nitrogen and oxygen atoms in total. The zero-order chi connectivity index (χ0) is 6.53. The van der Waals surface area contributed by atoms with E-state index in [2.05, 4.69) is 4.99 Å². The van der Waals surface area contributed by atoms with Gasteiger partial charge in [0.1, 0.15) is 0 Å². The second-order valence-electron chi connectivity index (χ2n) is 2.49. The number of hydrogen-bond donors (Lipinski definition) is 1. The molecule has 0 saturated heterocycles. The van der Waals surface area contributed by atoms with Gasteiger partial charge in [0.15, 0.2) is 0 Å². The van der Waals surface area contributed by atoms with Gasteiger partial charge in [-0.1, -0.05) is 0 Å². The van der Waals surface area contributed by atoms with Crippen molar-refractivity contribution in [2.24, 2.45) is 10.7 Å². The fraction of sp³-hybridized carbons (Fsp3) is 0.857. The first-order valence-corrected chi connectivity index (χ1v) is 3.65. The van der Waals surface area contributed by atoms with Crippen LogP contribution in [0.3, 0.4) is 0 Å². The molecule has 1 aliphatic heterocycles. The van der Waals surface area contributed by atoms with Gasteiger partial charge >= 0.3 is 0 Å². The maximum Gasteiger partial charge on any atom is 0.0507 e. The van der Waals surface area contributed by atoms with Crippen LogP contribution in [0.25, 0.3) is 0 Å². The Morgan fingerprint density at radius 1 is 1.67 bits per heavy atom. The van der Waals surface area contributed by atoms with Crippen LogP contribution < -0.4 is 5.73 Å². The van der Waals surface area contributed by atoms with Gasteiger partial charge in [-0.3, -0.25) is 4.99 Å². The number of rotatable bonds is 2. The smallest absolute Gasteiger partial charge is 0.0507 e. The third-order valence-corrected chi connectivity index (χ3v) is 1.69. The standard InChI is InChI=1S/C7H14N2/c8-5-4-7-3-1-2-6-9-7/h6-7H,1-5,8H2. The Morgan fingerprint density at radius 3 is 3.11 bits per heavy atom. The van der Waals surface area contributed by atoms with E-state index in [0.29, 0.717) is 6.04 Å². The van der Waals surface area contributed by atoms with E-state index < -0.39 is 0 Å². The fourth-order valence-corrected chi connectivity index (χ4v) is 1.15. The average molecular weight is 126 g/mol. The highest BCUT2D eigenvalue weighted by Crippen LogP contribution is 2.11. The van der Waals surface area contributed by atoms with Crippen molar-refractivity contribution < 1.29 is 0 Å². The molecule has 1 rings (SSSR count). The zero-order valence-corrected chi connectivity index (χ0v) is 5.71. The van der Waals surface area contributed by atoms with Gasteiger partial charge in [-0.05, 0) is 38.4 Å². The molecule has 1 aliphatic rings. The van der Waals surface area contributed by atoms with E-state index in [1.54, 1.807) is 0 Å². The topological polar surface area (TPSA) is 38.4 Å². The highest BCUT2D eigenvalue weighted by molar-refractivity contribution is 5.58. The Kier molecular flexibility index (Phi) is 2.71. The number of nitrogens with zero attached hydrogens (tertiary/aromatic N) is 1. The van der Waals surface area contributed by atoms with Crippen molar-refractivity contribution in [1.82, 2.24) is 0 Å². The van der Waals surface area contributed by atoms with Crippen LogP contribution in [0.2, 0.25) is 0 Å². The zero-order valence-electron chi connectivity index (χ0n) is 5.71. The summed E-state index contributed by atoms with van der Waals surface area (Å²) in [7, 11) is 0. The quantitative estimate of drug-likeness (QED) is 0.588. The van der Waals surface area contributed by atoms with Crippen molar-refractivity contribution in [2.45, 2.75) is 31.7 Å². The van der Waals surface area contributed by atoms with E-state index in [4.69, 9.17) is 5.73 Å². The number of aliphatic imine (C=N–C) groups is 1. The summed E-state index contributed by atoms with van der Waals surface area (Å²) >= 11 is 0. The highest BCUT2D eigenvalue weighted by Gasteiger charge is 2.06. The molecule has 9 heavy (non-hydrogen) atoms. The summed E-state index contributed by atoms with van der Waals surface area (Å²) in [6.45, 7) is 0.780. The molecular formula is C7H14N2. The van der Waals surface area contributed by atoms with Gasteiger partial charge in [-0.15, -0.1) is 0 Å². The maximum absolute atomic E-state index is 5.39. The van der Waals surface area contributed by atoms with E-state index >= 15 is 0 Å². The van der Waals surface area contributed by atoms with Gasteiger partial charge in [-0.25, -0.2) is 0 Å². The lowest BCUT2D eigenvalue weighted by molar-refractivity contribution is 0.545. The molecule has 0 radical (unpaired) electrons. The molecule has 0 aromatic carbocycles. The first kappa shape index (κ1) is 6.75. The van der Waals surface area contributed by atoms with Crippen LogP contribution in [-0.4, -0.2) is 18.8 Å². The molecule has 1 unspecified atom stereocenters. The molecule has 0 saturated carbocycles. The molecular weight excluding hydrogens is 112 g/mol. The van der Waals surface area contributed by atoms with Crippen LogP contribution in [0.5, 0.6) is 0 Å². The molecule has 1 heterocycles. The first-order chi connectivity index (χ1) is 4.43. The highest BCUT2D eigenvalue weighted by atomic mass is 14.8. The predicted octanol–water partition coefficient (Wildman–Crippen LogP) is 0.959. The van der Waals surface area contributed by atoms with E-state index in [-0.39, 0.29) is 0 Å². The maximum atomic E-state index is 5.39. The van der Waals surface area contributed by atoms with Gasteiger partial charge in [0, 0.05) is 0 Å². The van der Waals surface area contributed by atoms with Crippen LogP contribution in [-0.2, 0) is 0 Å². The van der Waals surface area contributed by atoms with Crippen molar-refractivity contribution >= 4 is 6.21 Å². The molecule has 2 N–H and O–H groups in total. The van der Waals surface area contributed by atoms with Crippen molar-refractivity contribution in [3.63, 3.8) is 0 Å². The third kappa shape index (κ3) is 2.14. The Balaban J connectivity index is 2.23. The predicted molar refractivity (Wildman–Crippen MR) is 39.8 cm³/mol. The molecule has 0 spiro atoms. The molecule has 0 bridgehead atoms. The normalized spacial score (nSPS) is 26.6. The molecule has 0 amide bonds. The molecule has 52 valence electrons. The third-order valence-electron chi connectivity index (χ3n) is 1.69. The monoisotopic (exact) mass is 126 g/mol. The lowest BCUT2D eigenvalue weighted by Gasteiger charge is -2.13. The summed E-state index contributed by atoms with van der Waals surface area (Å²) < 4.78 is 0. The van der Waals surface area contributed by atoms with Crippen LogP contribution in [0, 0.1) is 0 Å². The lowest BCUT2D eigenvalue weighted by atomic mass is 10.1. The van der Waals surface area contributed by atoms with Crippen LogP contribution in [0.4, 0.5) is 0 Å². The van der Waals surface area contributed by atoms with Crippen LogP contribution in [0.1, 0.15) is 25.7 Å². The van der Waals surface area contributed by atoms with Crippen LogP contribution >= 0.6 is 0 Å². The molecule has 1 atom stereocenters. The van der Waals surface area contributed by atoms with E-state index in [1.165, 1.54) is 19.3 Å². The molecule has 0 aromatic rings. The Morgan fingerprint density at radius 2 is 2.56 bits per heavy atom. The SMILES string of the molecule is NCCC1CCCC=N1. The number of hydrogen-bond acceptors (Lipinski definition) is 2. The van der Waals surface area contributed by atoms with Crippen molar-refractivity contribution in [3.8, 4) is 0 Å². The first-order valence-electron chi connectivity index (χ1n) is 3.65. The van der Waals surface area contributed by atoms with Crippen molar-refractivity contribution in [2.75, 3.05) is 6.54 Å². The molecule has 0 aromatic heterocycles. The van der Waals surface area contributed by atoms with Crippen molar-refractivity contribution in [1.29, 1.82) is 0 Å². The van der Waals surface area contributed by atoms with Crippen molar-refractivity contribution in [3.05, 3.63) is 0 Å².